The zero-order valence-electron chi connectivity index (χ0n) is 21.7. The lowest BCUT2D eigenvalue weighted by Gasteiger charge is -2.18. The van der Waals surface area contributed by atoms with Gasteiger partial charge in [-0.3, -0.25) is 4.98 Å². The van der Waals surface area contributed by atoms with Crippen molar-refractivity contribution in [2.24, 2.45) is 0 Å². The van der Waals surface area contributed by atoms with E-state index in [-0.39, 0.29) is 0 Å². The first-order chi connectivity index (χ1) is 15.5. The van der Waals surface area contributed by atoms with Crippen molar-refractivity contribution in [2.75, 3.05) is 0 Å². The summed E-state index contributed by atoms with van der Waals surface area (Å²) in [5, 5.41) is 0. The summed E-state index contributed by atoms with van der Waals surface area (Å²) in [6.07, 6.45) is 16.0. The molecule has 0 unspecified atom stereocenters. The van der Waals surface area contributed by atoms with Gasteiger partial charge in [-0.1, -0.05) is 79.1 Å². The van der Waals surface area contributed by atoms with E-state index in [9.17, 15) is 0 Å². The summed E-state index contributed by atoms with van der Waals surface area (Å²) >= 11 is 0. The quantitative estimate of drug-likeness (QED) is 0.267. The molecule has 0 spiro atoms. The zero-order chi connectivity index (χ0) is 23.3. The number of rotatable bonds is 15. The Balaban J connectivity index is 2.59. The largest absolute Gasteiger partial charge is 0.254 e. The number of unbranched alkanes of at least 4 members (excludes halogenated alkanes) is 6. The van der Waals surface area contributed by atoms with Crippen LogP contribution in [0, 0.1) is 13.8 Å². The second-order valence-corrected chi connectivity index (χ2v) is 9.21. The maximum absolute atomic E-state index is 5.25. The van der Waals surface area contributed by atoms with Crippen LogP contribution in [0.4, 0.5) is 0 Å². The van der Waals surface area contributed by atoms with Gasteiger partial charge in [0.05, 0.1) is 34.2 Å². The van der Waals surface area contributed by atoms with Gasteiger partial charge in [0.1, 0.15) is 5.82 Å². The second-order valence-electron chi connectivity index (χ2n) is 9.21. The highest BCUT2D eigenvalue weighted by Gasteiger charge is 2.21. The predicted octanol–water partition coefficient (Wildman–Crippen LogP) is 7.70. The molecule has 0 aliphatic carbocycles. The third-order valence-corrected chi connectivity index (χ3v) is 6.16. The van der Waals surface area contributed by atoms with E-state index in [0.29, 0.717) is 0 Å². The fourth-order valence-electron chi connectivity index (χ4n) is 4.45. The highest BCUT2D eigenvalue weighted by molar-refractivity contribution is 5.67. The van der Waals surface area contributed by atoms with Gasteiger partial charge in [-0.25, -0.2) is 15.0 Å². The molecule has 0 saturated heterocycles. The molecule has 0 N–H and O–H groups in total. The van der Waals surface area contributed by atoms with E-state index >= 15 is 0 Å². The Hall–Kier alpha value is -1.84. The van der Waals surface area contributed by atoms with Gasteiger partial charge < -0.3 is 0 Å². The molecule has 0 aliphatic heterocycles. The van der Waals surface area contributed by atoms with Crippen LogP contribution >= 0.6 is 0 Å². The Bertz CT molecular complexity index is 795. The number of hydrogen-bond acceptors (Lipinski definition) is 4. The van der Waals surface area contributed by atoms with E-state index < -0.39 is 0 Å². The van der Waals surface area contributed by atoms with Crippen LogP contribution in [0.5, 0.6) is 0 Å². The van der Waals surface area contributed by atoms with Crippen molar-refractivity contribution >= 4 is 0 Å². The van der Waals surface area contributed by atoms with Crippen LogP contribution in [0.25, 0.3) is 11.3 Å². The lowest BCUT2D eigenvalue weighted by Crippen LogP contribution is -2.12. The van der Waals surface area contributed by atoms with Gasteiger partial charge in [-0.05, 0) is 52.4 Å². The predicted molar refractivity (Wildman–Crippen MR) is 136 cm³/mol. The van der Waals surface area contributed by atoms with E-state index in [1.165, 1.54) is 68.3 Å². The molecule has 2 heterocycles. The maximum atomic E-state index is 5.25. The molecule has 4 nitrogen and oxygen atoms in total. The topological polar surface area (TPSA) is 51.6 Å². The first-order valence-corrected chi connectivity index (χ1v) is 13.3. The normalized spacial score (nSPS) is 11.3. The lowest BCUT2D eigenvalue weighted by atomic mass is 9.96. The van der Waals surface area contributed by atoms with Crippen molar-refractivity contribution in [3.8, 4) is 11.3 Å². The third kappa shape index (κ3) is 7.64. The first kappa shape index (κ1) is 26.4. The number of hydrogen-bond donors (Lipinski definition) is 0. The molecular formula is C28H46N4. The van der Waals surface area contributed by atoms with Gasteiger partial charge in [-0.2, -0.15) is 0 Å². The molecule has 0 radical (unpaired) electrons. The van der Waals surface area contributed by atoms with Crippen LogP contribution in [0.1, 0.15) is 126 Å². The van der Waals surface area contributed by atoms with E-state index in [1.807, 2.05) is 6.92 Å². The SMILES string of the molecule is CCCCCCc1nc(C)nc(CCCCCC)c1-c1nc(CCC)c(C)nc1CCC. The van der Waals surface area contributed by atoms with Crippen LogP contribution in [0.3, 0.4) is 0 Å². The van der Waals surface area contributed by atoms with Crippen LogP contribution in [-0.2, 0) is 25.7 Å². The minimum atomic E-state index is 0.899. The van der Waals surface area contributed by atoms with Crippen LogP contribution in [0.15, 0.2) is 0 Å². The Morgan fingerprint density at radius 3 is 1.50 bits per heavy atom. The smallest absolute Gasteiger partial charge is 0.125 e. The van der Waals surface area contributed by atoms with Gasteiger partial charge in [0.25, 0.3) is 0 Å². The summed E-state index contributed by atoms with van der Waals surface area (Å²) in [5.74, 6) is 0.899. The molecule has 2 rings (SSSR count). The lowest BCUT2D eigenvalue weighted by molar-refractivity contribution is 0.648. The summed E-state index contributed by atoms with van der Waals surface area (Å²) in [7, 11) is 0. The van der Waals surface area contributed by atoms with E-state index in [4.69, 9.17) is 19.9 Å². The summed E-state index contributed by atoms with van der Waals surface area (Å²) in [5.41, 5.74) is 8.00. The molecular weight excluding hydrogens is 392 g/mol. The number of nitrogens with zero attached hydrogens (tertiary/aromatic N) is 4. The maximum Gasteiger partial charge on any atom is 0.125 e. The van der Waals surface area contributed by atoms with Gasteiger partial charge in [-0.15, -0.1) is 0 Å². The van der Waals surface area contributed by atoms with E-state index in [2.05, 4.69) is 34.6 Å². The molecule has 178 valence electrons. The molecule has 0 amide bonds. The van der Waals surface area contributed by atoms with Gasteiger partial charge >= 0.3 is 0 Å². The van der Waals surface area contributed by atoms with Crippen molar-refractivity contribution in [1.82, 2.24) is 19.9 Å². The molecule has 4 heteroatoms. The molecule has 0 fully saturated rings. The van der Waals surface area contributed by atoms with Crippen LogP contribution in [-0.4, -0.2) is 19.9 Å². The zero-order valence-corrected chi connectivity index (χ0v) is 21.7. The minimum Gasteiger partial charge on any atom is -0.254 e. The second kappa shape index (κ2) is 14.3. The summed E-state index contributed by atoms with van der Waals surface area (Å²) in [6, 6.07) is 0. The van der Waals surface area contributed by atoms with Crippen molar-refractivity contribution in [2.45, 2.75) is 131 Å². The molecule has 0 aliphatic rings. The summed E-state index contributed by atoms with van der Waals surface area (Å²) in [4.78, 5) is 20.3. The highest BCUT2D eigenvalue weighted by atomic mass is 14.9. The Kier molecular flexibility index (Phi) is 11.8. The average Bonchev–Trinajstić information content (AvgIpc) is 2.77. The Labute approximate surface area is 197 Å². The Morgan fingerprint density at radius 2 is 1.00 bits per heavy atom. The van der Waals surface area contributed by atoms with E-state index in [1.54, 1.807) is 0 Å². The monoisotopic (exact) mass is 438 g/mol. The molecule has 0 aromatic carbocycles. The average molecular weight is 439 g/mol. The summed E-state index contributed by atoms with van der Waals surface area (Å²) in [6.45, 7) is 13.1. The number of aryl methyl sites for hydroxylation is 6. The minimum absolute atomic E-state index is 0.899. The Morgan fingerprint density at radius 1 is 0.469 bits per heavy atom. The molecule has 0 atom stereocenters. The molecule has 32 heavy (non-hydrogen) atoms. The van der Waals surface area contributed by atoms with Gasteiger partial charge in [0.15, 0.2) is 0 Å². The molecule has 0 bridgehead atoms. The molecule has 2 aromatic heterocycles. The molecule has 0 saturated carbocycles. The van der Waals surface area contributed by atoms with Crippen molar-refractivity contribution in [3.05, 3.63) is 34.3 Å². The van der Waals surface area contributed by atoms with Crippen LogP contribution in [0.2, 0.25) is 0 Å². The van der Waals surface area contributed by atoms with Crippen LogP contribution < -0.4 is 0 Å². The fraction of sp³-hybridized carbons (Fsp3) is 0.714. The van der Waals surface area contributed by atoms with Crippen molar-refractivity contribution in [3.63, 3.8) is 0 Å². The standard InChI is InChI=1S/C28H46N4/c1-7-11-13-15-19-24-27(25(31-22(6)30-24)20-16-14-12-8-2)28-26(18-10-4)29-21(5)23(32-28)17-9-3/h7-20H2,1-6H3. The van der Waals surface area contributed by atoms with Gasteiger partial charge in [0.2, 0.25) is 0 Å². The molecule has 2 aromatic rings. The third-order valence-electron chi connectivity index (χ3n) is 6.16. The number of aromatic nitrogens is 4. The first-order valence-electron chi connectivity index (χ1n) is 13.3. The van der Waals surface area contributed by atoms with E-state index in [0.717, 1.165) is 67.1 Å². The van der Waals surface area contributed by atoms with Gasteiger partial charge in [0, 0.05) is 5.56 Å². The fourth-order valence-corrected chi connectivity index (χ4v) is 4.45. The van der Waals surface area contributed by atoms with Crippen molar-refractivity contribution < 1.29 is 0 Å². The summed E-state index contributed by atoms with van der Waals surface area (Å²) < 4.78 is 0. The van der Waals surface area contributed by atoms with Crippen molar-refractivity contribution in [1.29, 1.82) is 0 Å². The highest BCUT2D eigenvalue weighted by Crippen LogP contribution is 2.31.